The molecule has 0 bridgehead atoms. The molecule has 43 heavy (non-hydrogen) atoms. The van der Waals surface area contributed by atoms with Crippen molar-refractivity contribution < 1.29 is 31.8 Å². The van der Waals surface area contributed by atoms with E-state index in [1.54, 1.807) is 36.4 Å². The fourth-order valence-electron chi connectivity index (χ4n) is 4.94. The number of hydrogen-bond donors (Lipinski definition) is 3. The molecule has 14 heteroatoms. The minimum atomic E-state index is -4.42. The summed E-state index contributed by atoms with van der Waals surface area (Å²) >= 11 is -1.90. The Morgan fingerprint density at radius 2 is 2.07 bits per heavy atom. The summed E-state index contributed by atoms with van der Waals surface area (Å²) < 4.78 is 67.5. The average molecular weight is 668 g/mol. The Balaban J connectivity index is 1.34. The molecule has 2 aromatic heterocycles. The van der Waals surface area contributed by atoms with E-state index in [1.165, 1.54) is 11.6 Å². The second-order valence-electron chi connectivity index (χ2n) is 10.8. The molecule has 9 nitrogen and oxygen atoms in total. The Kier molecular flexibility index (Phi) is 9.08. The zero-order valence-electron chi connectivity index (χ0n) is 23.8. The Morgan fingerprint density at radius 1 is 1.28 bits per heavy atom. The van der Waals surface area contributed by atoms with Crippen LogP contribution in [0, 0.1) is 11.8 Å². The number of alkyl halides is 4. The van der Waals surface area contributed by atoms with Gasteiger partial charge < -0.3 is 4.74 Å². The van der Waals surface area contributed by atoms with E-state index in [2.05, 4.69) is 32.9 Å². The third-order valence-corrected chi connectivity index (χ3v) is 8.96. The quantitative estimate of drug-likeness (QED) is 0.194. The Hall–Kier alpha value is -3.50. The van der Waals surface area contributed by atoms with Gasteiger partial charge in [-0.3, -0.25) is 0 Å². The summed E-state index contributed by atoms with van der Waals surface area (Å²) in [6.45, 7) is 3.84. The van der Waals surface area contributed by atoms with Crippen molar-refractivity contribution in [3.8, 4) is 17.6 Å². The first-order chi connectivity index (χ1) is 20.4. The number of anilines is 2. The predicted molar refractivity (Wildman–Crippen MR) is 156 cm³/mol. The van der Waals surface area contributed by atoms with Gasteiger partial charge in [0.25, 0.3) is 0 Å². The standard InChI is InChI=1S/C29H32F4N6O3Se/c1-28(16-42-17-28)36-27(40)18-9-10-21(24(14-18)41-3)34-12-5-6-22-26(43-29(31,32)33)23-7-4-8-25(39(23)37-22)35-20-11-13-38(2)15-19(20)30/h4,7-10,14,19-20,34-35H,11-13,15-17H2,1-3H3,(H,36,40)/t19-,20+/m0/s1. The van der Waals surface area contributed by atoms with Gasteiger partial charge in [-0.25, -0.2) is 0 Å². The Labute approximate surface area is 252 Å². The number of carbonyl (C=O) groups excluding carboxylic acids is 1. The van der Waals surface area contributed by atoms with Crippen LogP contribution in [-0.4, -0.2) is 105 Å². The van der Waals surface area contributed by atoms with Crippen molar-refractivity contribution in [1.82, 2.24) is 19.8 Å². The summed E-state index contributed by atoms with van der Waals surface area (Å²) in [6, 6.07) is 9.30. The number of piperidine rings is 1. The third-order valence-electron chi connectivity index (χ3n) is 7.20. The van der Waals surface area contributed by atoms with Gasteiger partial charge in [-0.05, 0) is 6.92 Å². The second kappa shape index (κ2) is 12.6. The van der Waals surface area contributed by atoms with Crippen molar-refractivity contribution >= 4 is 42.3 Å². The van der Waals surface area contributed by atoms with Crippen LogP contribution in [0.25, 0.3) is 5.52 Å². The summed E-state index contributed by atoms with van der Waals surface area (Å²) in [6.07, 6.45) is -0.578. The van der Waals surface area contributed by atoms with E-state index < -0.39 is 37.8 Å². The maximum atomic E-state index is 14.7. The molecule has 2 atom stereocenters. The van der Waals surface area contributed by atoms with Crippen molar-refractivity contribution in [2.45, 2.75) is 36.2 Å². The third kappa shape index (κ3) is 7.36. The fourth-order valence-corrected chi connectivity index (χ4v) is 6.36. The van der Waals surface area contributed by atoms with Crippen molar-refractivity contribution in [1.29, 1.82) is 0 Å². The van der Waals surface area contributed by atoms with Crippen LogP contribution in [0.2, 0.25) is 0 Å². The van der Waals surface area contributed by atoms with E-state index in [0.29, 0.717) is 49.0 Å². The first-order valence-corrected chi connectivity index (χ1v) is 15.3. The number of aromatic nitrogens is 2. The predicted octanol–water partition coefficient (Wildman–Crippen LogP) is 2.63. The molecule has 5 rings (SSSR count). The number of fused-ring (bicyclic) bond motifs is 1. The molecule has 0 aliphatic carbocycles. The second-order valence-corrected chi connectivity index (χ2v) is 13.1. The van der Waals surface area contributed by atoms with Gasteiger partial charge in [0.15, 0.2) is 0 Å². The summed E-state index contributed by atoms with van der Waals surface area (Å²) in [5, 5.41) is 9.16. The molecule has 2 aliphatic heterocycles. The topological polar surface area (TPSA) is 92.2 Å². The molecule has 3 aromatic rings. The van der Waals surface area contributed by atoms with Gasteiger partial charge in [0.2, 0.25) is 0 Å². The summed E-state index contributed by atoms with van der Waals surface area (Å²) in [4.78, 5) is 14.5. The molecule has 0 spiro atoms. The van der Waals surface area contributed by atoms with Crippen LogP contribution in [0.5, 0.6) is 5.75 Å². The number of pyridine rings is 1. The van der Waals surface area contributed by atoms with Gasteiger partial charge >= 0.3 is 223 Å². The zero-order valence-corrected chi connectivity index (χ0v) is 25.6. The molecule has 2 saturated heterocycles. The Morgan fingerprint density at radius 3 is 2.74 bits per heavy atom. The van der Waals surface area contributed by atoms with Gasteiger partial charge in [0.1, 0.15) is 0 Å². The zero-order chi connectivity index (χ0) is 30.8. The van der Waals surface area contributed by atoms with Crippen LogP contribution >= 0.6 is 0 Å². The van der Waals surface area contributed by atoms with E-state index in [0.717, 1.165) is 0 Å². The molecule has 4 heterocycles. The van der Waals surface area contributed by atoms with E-state index in [1.807, 2.05) is 18.9 Å². The Bertz CT molecular complexity index is 1550. The van der Waals surface area contributed by atoms with E-state index >= 15 is 0 Å². The summed E-state index contributed by atoms with van der Waals surface area (Å²) in [5.41, 5.74) is 0.864. The van der Waals surface area contributed by atoms with Gasteiger partial charge in [-0.2, -0.15) is 0 Å². The molecule has 2 aliphatic rings. The minimum absolute atomic E-state index is 0.00910. The van der Waals surface area contributed by atoms with Gasteiger partial charge in [-0.1, -0.05) is 0 Å². The molecule has 0 radical (unpaired) electrons. The molecule has 1 aromatic carbocycles. The van der Waals surface area contributed by atoms with Gasteiger partial charge in [-0.15, -0.1) is 0 Å². The number of benzene rings is 1. The van der Waals surface area contributed by atoms with Crippen LogP contribution in [0.15, 0.2) is 36.4 Å². The number of halogens is 4. The van der Waals surface area contributed by atoms with E-state index in [4.69, 9.17) is 9.47 Å². The van der Waals surface area contributed by atoms with Crippen molar-refractivity contribution in [3.05, 3.63) is 47.7 Å². The maximum absolute atomic E-state index is 14.7. The number of nitrogens with zero attached hydrogens (tertiary/aromatic N) is 3. The van der Waals surface area contributed by atoms with Crippen LogP contribution in [0.1, 0.15) is 29.4 Å². The number of methoxy groups -OCH3 is 1. The number of rotatable bonds is 8. The number of ether oxygens (including phenoxy) is 2. The molecule has 2 fully saturated rings. The number of carbonyl (C=O) groups is 1. The van der Waals surface area contributed by atoms with Crippen LogP contribution in [-0.2, 0) is 4.74 Å². The van der Waals surface area contributed by atoms with E-state index in [-0.39, 0.29) is 34.7 Å². The monoisotopic (exact) mass is 668 g/mol. The number of hydrogen-bond acceptors (Lipinski definition) is 7. The normalized spacial score (nSPS) is 20.1. The van der Waals surface area contributed by atoms with Crippen LogP contribution < -0.4 is 25.1 Å². The molecule has 230 valence electrons. The van der Waals surface area contributed by atoms with E-state index in [9.17, 15) is 22.4 Å². The summed E-state index contributed by atoms with van der Waals surface area (Å²) in [7, 11) is 3.32. The number of nitrogens with one attached hydrogen (secondary N) is 3. The van der Waals surface area contributed by atoms with Crippen LogP contribution in [0.4, 0.5) is 29.1 Å². The van der Waals surface area contributed by atoms with Crippen molar-refractivity contribution in [2.24, 2.45) is 0 Å². The van der Waals surface area contributed by atoms with Crippen molar-refractivity contribution in [3.63, 3.8) is 0 Å². The first kappa shape index (κ1) is 30.9. The molecular formula is C29H32F4N6O3Se. The van der Waals surface area contributed by atoms with Gasteiger partial charge in [0.05, 0.1) is 18.8 Å². The van der Waals surface area contributed by atoms with Gasteiger partial charge in [0, 0.05) is 0 Å². The van der Waals surface area contributed by atoms with Crippen molar-refractivity contribution in [2.75, 3.05) is 57.6 Å². The molecule has 3 N–H and O–H groups in total. The molecule has 0 unspecified atom stereocenters. The summed E-state index contributed by atoms with van der Waals surface area (Å²) in [5.74, 6) is 6.21. The van der Waals surface area contributed by atoms with Crippen LogP contribution in [0.3, 0.4) is 0 Å². The molecular weight excluding hydrogens is 635 g/mol. The number of amides is 1. The SMILES string of the molecule is COc1cc(C(=O)NC2(C)COC2)ccc1NCC#Cc1nn2c(N[C@@H]3CCN(C)C[C@@H]3F)cccc2c1[Se]C(F)(F)F. The first-order valence-electron chi connectivity index (χ1n) is 13.6. The number of likely N-dealkylation sites (tertiary alicyclic amines) is 1. The average Bonchev–Trinajstić information content (AvgIpc) is 3.28. The fraction of sp³-hybridized carbons (Fsp3) is 0.448. The molecule has 1 amide bonds. The molecule has 0 saturated carbocycles.